The van der Waals surface area contributed by atoms with E-state index in [0.29, 0.717) is 17.6 Å². The third-order valence-electron chi connectivity index (χ3n) is 2.87. The van der Waals surface area contributed by atoms with E-state index in [1.807, 2.05) is 24.3 Å². The van der Waals surface area contributed by atoms with Gasteiger partial charge in [0.15, 0.2) is 5.58 Å². The quantitative estimate of drug-likeness (QED) is 0.495. The second-order valence-electron chi connectivity index (χ2n) is 4.45. The van der Waals surface area contributed by atoms with Crippen LogP contribution in [0.4, 0.5) is 4.39 Å². The molecule has 0 unspecified atom stereocenters. The lowest BCUT2D eigenvalue weighted by atomic mass is 10.3. The van der Waals surface area contributed by atoms with Crippen molar-refractivity contribution >= 4 is 22.9 Å². The average Bonchev–Trinajstić information content (AvgIpc) is 2.91. The van der Waals surface area contributed by atoms with Crippen molar-refractivity contribution in [2.24, 2.45) is 0 Å². The van der Waals surface area contributed by atoms with Crippen LogP contribution in [-0.2, 0) is 0 Å². The van der Waals surface area contributed by atoms with Crippen LogP contribution in [0.5, 0.6) is 5.75 Å². The van der Waals surface area contributed by atoms with E-state index in [1.165, 1.54) is 12.1 Å². The molecule has 0 aliphatic heterocycles. The molecule has 0 aliphatic carbocycles. The number of nitrogens with zero attached hydrogens (tertiary/aromatic N) is 1. The molecule has 108 valence electrons. The lowest BCUT2D eigenvalue weighted by Crippen LogP contribution is -1.98. The molecule has 0 amide bonds. The lowest BCUT2D eigenvalue weighted by molar-refractivity contribution is 0.318. The summed E-state index contributed by atoms with van der Waals surface area (Å²) in [4.78, 5) is 4.39. The molecule has 2 aromatic carbocycles. The van der Waals surface area contributed by atoms with Crippen LogP contribution < -0.4 is 4.74 Å². The molecule has 0 saturated heterocycles. The summed E-state index contributed by atoms with van der Waals surface area (Å²) in [6.07, 6.45) is 0.862. The Morgan fingerprint density at radius 2 is 1.90 bits per heavy atom. The van der Waals surface area contributed by atoms with Gasteiger partial charge >= 0.3 is 0 Å². The molecule has 0 fully saturated rings. The van der Waals surface area contributed by atoms with Crippen molar-refractivity contribution in [2.45, 2.75) is 11.6 Å². The molecule has 0 aliphatic rings. The highest BCUT2D eigenvalue weighted by molar-refractivity contribution is 7.99. The SMILES string of the molecule is Fc1ccc(OCCCSc2nc3ccccc3o2)cc1. The fraction of sp³-hybridized carbons (Fsp3) is 0.188. The van der Waals surface area contributed by atoms with E-state index < -0.39 is 0 Å². The number of fused-ring (bicyclic) bond motifs is 1. The van der Waals surface area contributed by atoms with Crippen LogP contribution in [0.25, 0.3) is 11.1 Å². The minimum atomic E-state index is -0.256. The van der Waals surface area contributed by atoms with Gasteiger partial charge in [-0.2, -0.15) is 0 Å². The Kier molecular flexibility index (Phi) is 4.40. The Morgan fingerprint density at radius 1 is 1.10 bits per heavy atom. The van der Waals surface area contributed by atoms with Crippen LogP contribution in [0.15, 0.2) is 58.2 Å². The van der Waals surface area contributed by atoms with Crippen molar-refractivity contribution in [3.05, 3.63) is 54.3 Å². The standard InChI is InChI=1S/C16H14FNO2S/c17-12-6-8-13(9-7-12)19-10-3-11-21-16-18-14-4-1-2-5-15(14)20-16/h1-2,4-9H,3,10-11H2. The number of benzene rings is 2. The Balaban J connectivity index is 1.42. The average molecular weight is 303 g/mol. The van der Waals surface area contributed by atoms with E-state index in [4.69, 9.17) is 9.15 Å². The monoisotopic (exact) mass is 303 g/mol. The minimum Gasteiger partial charge on any atom is -0.494 e. The smallest absolute Gasteiger partial charge is 0.256 e. The van der Waals surface area contributed by atoms with Gasteiger partial charge in [0.25, 0.3) is 5.22 Å². The summed E-state index contributed by atoms with van der Waals surface area (Å²) >= 11 is 1.57. The first-order valence-electron chi connectivity index (χ1n) is 6.68. The first-order valence-corrected chi connectivity index (χ1v) is 7.66. The molecule has 0 saturated carbocycles. The van der Waals surface area contributed by atoms with E-state index in [1.54, 1.807) is 23.9 Å². The number of ether oxygens (including phenoxy) is 1. The zero-order valence-corrected chi connectivity index (χ0v) is 12.1. The molecule has 21 heavy (non-hydrogen) atoms. The zero-order chi connectivity index (χ0) is 14.5. The number of hydrogen-bond acceptors (Lipinski definition) is 4. The predicted octanol–water partition coefficient (Wildman–Crippen LogP) is 4.53. The van der Waals surface area contributed by atoms with Crippen molar-refractivity contribution in [3.63, 3.8) is 0 Å². The summed E-state index contributed by atoms with van der Waals surface area (Å²) in [5.41, 5.74) is 1.69. The molecular weight excluding hydrogens is 289 g/mol. The van der Waals surface area contributed by atoms with Gasteiger partial charge in [-0.1, -0.05) is 23.9 Å². The van der Waals surface area contributed by atoms with E-state index in [9.17, 15) is 4.39 Å². The molecule has 1 aromatic heterocycles. The van der Waals surface area contributed by atoms with E-state index >= 15 is 0 Å². The van der Waals surface area contributed by atoms with Crippen LogP contribution in [0.2, 0.25) is 0 Å². The van der Waals surface area contributed by atoms with Crippen LogP contribution in [0.1, 0.15) is 6.42 Å². The number of hydrogen-bond donors (Lipinski definition) is 0. The van der Waals surface area contributed by atoms with Crippen LogP contribution in [0.3, 0.4) is 0 Å². The molecule has 3 nitrogen and oxygen atoms in total. The van der Waals surface area contributed by atoms with E-state index in [-0.39, 0.29) is 5.82 Å². The third-order valence-corrected chi connectivity index (χ3v) is 3.79. The fourth-order valence-corrected chi connectivity index (χ4v) is 2.60. The second-order valence-corrected chi connectivity index (χ2v) is 5.50. The van der Waals surface area contributed by atoms with Crippen LogP contribution in [-0.4, -0.2) is 17.3 Å². The van der Waals surface area contributed by atoms with Gasteiger partial charge in [-0.15, -0.1) is 0 Å². The molecule has 0 atom stereocenters. The summed E-state index contributed by atoms with van der Waals surface area (Å²) in [5, 5.41) is 0.679. The zero-order valence-electron chi connectivity index (χ0n) is 11.3. The summed E-state index contributed by atoms with van der Waals surface area (Å²) in [7, 11) is 0. The summed E-state index contributed by atoms with van der Waals surface area (Å²) < 4.78 is 23.9. The molecule has 0 radical (unpaired) electrons. The highest BCUT2D eigenvalue weighted by Crippen LogP contribution is 2.23. The van der Waals surface area contributed by atoms with Crippen molar-refractivity contribution in [1.29, 1.82) is 0 Å². The van der Waals surface area contributed by atoms with Gasteiger partial charge in [0.05, 0.1) is 6.61 Å². The van der Waals surface area contributed by atoms with Gasteiger partial charge in [-0.3, -0.25) is 0 Å². The van der Waals surface area contributed by atoms with E-state index in [0.717, 1.165) is 23.3 Å². The van der Waals surface area contributed by atoms with Gasteiger partial charge in [0.2, 0.25) is 0 Å². The van der Waals surface area contributed by atoms with Crippen molar-refractivity contribution in [1.82, 2.24) is 4.98 Å². The van der Waals surface area contributed by atoms with Crippen LogP contribution in [0, 0.1) is 5.82 Å². The largest absolute Gasteiger partial charge is 0.494 e. The fourth-order valence-electron chi connectivity index (χ4n) is 1.85. The number of rotatable bonds is 6. The highest BCUT2D eigenvalue weighted by atomic mass is 32.2. The van der Waals surface area contributed by atoms with Crippen molar-refractivity contribution in [2.75, 3.05) is 12.4 Å². The molecule has 3 aromatic rings. The summed E-state index contributed by atoms with van der Waals surface area (Å²) in [6, 6.07) is 13.7. The molecule has 0 bridgehead atoms. The van der Waals surface area contributed by atoms with Gasteiger partial charge < -0.3 is 9.15 Å². The Labute approximate surface area is 126 Å². The van der Waals surface area contributed by atoms with Gasteiger partial charge in [-0.25, -0.2) is 9.37 Å². The Morgan fingerprint density at radius 3 is 2.71 bits per heavy atom. The van der Waals surface area contributed by atoms with Gasteiger partial charge in [-0.05, 0) is 42.8 Å². The second kappa shape index (κ2) is 6.63. The van der Waals surface area contributed by atoms with Crippen molar-refractivity contribution in [3.8, 4) is 5.75 Å². The predicted molar refractivity (Wildman–Crippen MR) is 81.2 cm³/mol. The number of thioether (sulfide) groups is 1. The summed E-state index contributed by atoms with van der Waals surface area (Å²) in [5.74, 6) is 1.28. The maximum Gasteiger partial charge on any atom is 0.256 e. The van der Waals surface area contributed by atoms with Crippen molar-refractivity contribution < 1.29 is 13.5 Å². The normalized spacial score (nSPS) is 10.9. The first kappa shape index (κ1) is 13.9. The maximum absolute atomic E-state index is 12.7. The Hall–Kier alpha value is -2.01. The minimum absolute atomic E-state index is 0.256. The molecular formula is C16H14FNO2S. The molecule has 5 heteroatoms. The number of para-hydroxylation sites is 2. The van der Waals surface area contributed by atoms with E-state index in [2.05, 4.69) is 4.98 Å². The number of aromatic nitrogens is 1. The topological polar surface area (TPSA) is 35.3 Å². The first-order chi connectivity index (χ1) is 10.3. The molecule has 1 heterocycles. The highest BCUT2D eigenvalue weighted by Gasteiger charge is 2.05. The molecule has 3 rings (SSSR count). The maximum atomic E-state index is 12.7. The number of halogens is 1. The number of oxazole rings is 1. The van der Waals surface area contributed by atoms with Crippen LogP contribution >= 0.6 is 11.8 Å². The van der Waals surface area contributed by atoms with Gasteiger partial charge in [0.1, 0.15) is 17.1 Å². The lowest BCUT2D eigenvalue weighted by Gasteiger charge is -2.04. The molecule has 0 spiro atoms. The summed E-state index contributed by atoms with van der Waals surface area (Å²) in [6.45, 7) is 0.582. The Bertz CT molecular complexity index is 679. The third kappa shape index (κ3) is 3.76. The molecule has 0 N–H and O–H groups in total. The van der Waals surface area contributed by atoms with Gasteiger partial charge in [0, 0.05) is 5.75 Å².